The summed E-state index contributed by atoms with van der Waals surface area (Å²) in [6, 6.07) is 13.2. The number of anilines is 2. The number of ether oxygens (including phenoxy) is 2. The number of benzene rings is 2. The van der Waals surface area contributed by atoms with Crippen LogP contribution in [0.15, 0.2) is 47.4 Å². The molecule has 3 rings (SSSR count). The summed E-state index contributed by atoms with van der Waals surface area (Å²) in [5, 5.41) is 3.62. The maximum Gasteiger partial charge on any atom is 0.234 e. The second-order valence-corrected chi connectivity index (χ2v) is 7.20. The molecular formula is C19H21ClN2O3S. The second-order valence-electron chi connectivity index (χ2n) is 5.75. The van der Waals surface area contributed by atoms with Crippen molar-refractivity contribution < 1.29 is 14.3 Å². The predicted molar refractivity (Wildman–Crippen MR) is 107 cm³/mol. The SMILES string of the molecule is COc1ccc(SCC(=O)Nc2cccc(Cl)c2N2CCOCC2)cc1. The van der Waals surface area contributed by atoms with E-state index in [0.717, 1.165) is 35.1 Å². The van der Waals surface area contributed by atoms with Gasteiger partial charge in [-0.2, -0.15) is 0 Å². The van der Waals surface area contributed by atoms with Crippen LogP contribution in [0.1, 0.15) is 0 Å². The first-order valence-corrected chi connectivity index (χ1v) is 9.71. The molecule has 0 aromatic heterocycles. The van der Waals surface area contributed by atoms with Crippen molar-refractivity contribution in [2.24, 2.45) is 0 Å². The zero-order valence-corrected chi connectivity index (χ0v) is 16.1. The van der Waals surface area contributed by atoms with Crippen molar-refractivity contribution >= 4 is 40.6 Å². The molecule has 7 heteroatoms. The Morgan fingerprint density at radius 3 is 2.65 bits per heavy atom. The first kappa shape index (κ1) is 18.9. The van der Waals surface area contributed by atoms with Crippen LogP contribution >= 0.6 is 23.4 Å². The molecule has 1 heterocycles. The molecule has 0 unspecified atom stereocenters. The van der Waals surface area contributed by atoms with Crippen molar-refractivity contribution in [1.82, 2.24) is 0 Å². The van der Waals surface area contributed by atoms with E-state index in [1.54, 1.807) is 7.11 Å². The lowest BCUT2D eigenvalue weighted by atomic mass is 10.2. The van der Waals surface area contributed by atoms with Crippen molar-refractivity contribution in [1.29, 1.82) is 0 Å². The molecule has 0 radical (unpaired) electrons. The van der Waals surface area contributed by atoms with Crippen molar-refractivity contribution in [2.75, 3.05) is 49.4 Å². The third-order valence-electron chi connectivity index (χ3n) is 4.02. The molecule has 0 aliphatic carbocycles. The van der Waals surface area contributed by atoms with Gasteiger partial charge in [0.1, 0.15) is 5.75 Å². The highest BCUT2D eigenvalue weighted by Gasteiger charge is 2.19. The van der Waals surface area contributed by atoms with Gasteiger partial charge in [0.2, 0.25) is 5.91 Å². The van der Waals surface area contributed by atoms with Crippen molar-refractivity contribution in [3.05, 3.63) is 47.5 Å². The van der Waals surface area contributed by atoms with E-state index < -0.39 is 0 Å². The minimum Gasteiger partial charge on any atom is -0.497 e. The molecule has 0 bridgehead atoms. The molecule has 5 nitrogen and oxygen atoms in total. The van der Waals surface area contributed by atoms with Crippen LogP contribution in [0.25, 0.3) is 0 Å². The summed E-state index contributed by atoms with van der Waals surface area (Å²) >= 11 is 7.88. The van der Waals surface area contributed by atoms with Crippen molar-refractivity contribution in [2.45, 2.75) is 4.90 Å². The number of morpholine rings is 1. The number of hydrogen-bond acceptors (Lipinski definition) is 5. The van der Waals surface area contributed by atoms with Crippen LogP contribution in [-0.2, 0) is 9.53 Å². The third-order valence-corrected chi connectivity index (χ3v) is 5.33. The average molecular weight is 393 g/mol. The van der Waals surface area contributed by atoms with Crippen LogP contribution in [0.3, 0.4) is 0 Å². The van der Waals surface area contributed by atoms with E-state index in [1.165, 1.54) is 11.8 Å². The fraction of sp³-hybridized carbons (Fsp3) is 0.316. The summed E-state index contributed by atoms with van der Waals surface area (Å²) in [6.07, 6.45) is 0. The zero-order chi connectivity index (χ0) is 18.4. The fourth-order valence-corrected chi connectivity index (χ4v) is 3.72. The molecule has 1 fully saturated rings. The fourth-order valence-electron chi connectivity index (χ4n) is 2.73. The Kier molecular flexibility index (Phi) is 6.66. The maximum absolute atomic E-state index is 12.4. The van der Waals surface area contributed by atoms with E-state index in [1.807, 2.05) is 42.5 Å². The van der Waals surface area contributed by atoms with Crippen LogP contribution in [0.4, 0.5) is 11.4 Å². The predicted octanol–water partition coefficient (Wildman–Crippen LogP) is 3.92. The molecule has 138 valence electrons. The summed E-state index contributed by atoms with van der Waals surface area (Å²) in [7, 11) is 1.63. The lowest BCUT2D eigenvalue weighted by Gasteiger charge is -2.31. The molecule has 1 N–H and O–H groups in total. The van der Waals surface area contributed by atoms with Crippen LogP contribution in [0.5, 0.6) is 5.75 Å². The Morgan fingerprint density at radius 2 is 1.96 bits per heavy atom. The van der Waals surface area contributed by atoms with E-state index in [-0.39, 0.29) is 5.91 Å². The van der Waals surface area contributed by atoms with E-state index >= 15 is 0 Å². The van der Waals surface area contributed by atoms with Gasteiger partial charge in [-0.1, -0.05) is 17.7 Å². The van der Waals surface area contributed by atoms with E-state index in [9.17, 15) is 4.79 Å². The second kappa shape index (κ2) is 9.16. The van der Waals surface area contributed by atoms with Gasteiger partial charge in [-0.25, -0.2) is 0 Å². The number of carbonyl (C=O) groups is 1. The van der Waals surface area contributed by atoms with Gasteiger partial charge in [-0.05, 0) is 36.4 Å². The highest BCUT2D eigenvalue weighted by atomic mass is 35.5. The molecule has 0 saturated carbocycles. The number of hydrogen-bond donors (Lipinski definition) is 1. The highest BCUT2D eigenvalue weighted by Crippen LogP contribution is 2.34. The number of thioether (sulfide) groups is 1. The highest BCUT2D eigenvalue weighted by molar-refractivity contribution is 8.00. The number of carbonyl (C=O) groups excluding carboxylic acids is 1. The monoisotopic (exact) mass is 392 g/mol. The Balaban J connectivity index is 1.64. The van der Waals surface area contributed by atoms with Crippen LogP contribution in [-0.4, -0.2) is 45.1 Å². The lowest BCUT2D eigenvalue weighted by molar-refractivity contribution is -0.113. The Bertz CT molecular complexity index is 749. The van der Waals surface area contributed by atoms with E-state index in [2.05, 4.69) is 10.2 Å². The van der Waals surface area contributed by atoms with Gasteiger partial charge in [0.05, 0.1) is 42.5 Å². The normalized spacial score (nSPS) is 14.2. The quantitative estimate of drug-likeness (QED) is 0.755. The summed E-state index contributed by atoms with van der Waals surface area (Å²) in [5.41, 5.74) is 1.60. The summed E-state index contributed by atoms with van der Waals surface area (Å²) < 4.78 is 10.5. The molecular weight excluding hydrogens is 372 g/mol. The van der Waals surface area contributed by atoms with Crippen molar-refractivity contribution in [3.8, 4) is 5.75 Å². The van der Waals surface area contributed by atoms with Crippen LogP contribution < -0.4 is 15.0 Å². The molecule has 1 amide bonds. The van der Waals surface area contributed by atoms with E-state index in [0.29, 0.717) is 24.0 Å². The third kappa shape index (κ3) is 4.84. The Labute approximate surface area is 162 Å². The smallest absolute Gasteiger partial charge is 0.234 e. The molecule has 26 heavy (non-hydrogen) atoms. The molecule has 0 atom stereocenters. The molecule has 2 aromatic carbocycles. The number of nitrogens with one attached hydrogen (secondary N) is 1. The molecule has 1 aliphatic heterocycles. The average Bonchev–Trinajstić information content (AvgIpc) is 2.67. The Morgan fingerprint density at radius 1 is 1.23 bits per heavy atom. The van der Waals surface area contributed by atoms with Gasteiger partial charge >= 0.3 is 0 Å². The Hall–Kier alpha value is -1.89. The standard InChI is InChI=1S/C19H21ClN2O3S/c1-24-14-5-7-15(8-6-14)26-13-18(23)21-17-4-2-3-16(20)19(17)22-9-11-25-12-10-22/h2-8H,9-13H2,1H3,(H,21,23). The molecule has 0 spiro atoms. The summed E-state index contributed by atoms with van der Waals surface area (Å²) in [4.78, 5) is 15.6. The molecule has 1 saturated heterocycles. The number of halogens is 1. The van der Waals surface area contributed by atoms with Gasteiger partial charge in [0, 0.05) is 18.0 Å². The minimum atomic E-state index is -0.0670. The largest absolute Gasteiger partial charge is 0.497 e. The molecule has 2 aromatic rings. The zero-order valence-electron chi connectivity index (χ0n) is 14.5. The first-order valence-electron chi connectivity index (χ1n) is 8.35. The van der Waals surface area contributed by atoms with Gasteiger partial charge < -0.3 is 19.7 Å². The lowest BCUT2D eigenvalue weighted by Crippen LogP contribution is -2.37. The van der Waals surface area contributed by atoms with E-state index in [4.69, 9.17) is 21.1 Å². The van der Waals surface area contributed by atoms with Gasteiger partial charge in [0.25, 0.3) is 0 Å². The number of methoxy groups -OCH3 is 1. The number of rotatable bonds is 6. The number of amides is 1. The number of nitrogens with zero attached hydrogens (tertiary/aromatic N) is 1. The summed E-state index contributed by atoms with van der Waals surface area (Å²) in [5.74, 6) is 1.05. The number of para-hydroxylation sites is 1. The van der Waals surface area contributed by atoms with Gasteiger partial charge in [-0.15, -0.1) is 11.8 Å². The topological polar surface area (TPSA) is 50.8 Å². The van der Waals surface area contributed by atoms with Crippen LogP contribution in [0, 0.1) is 0 Å². The minimum absolute atomic E-state index is 0.0670. The first-order chi connectivity index (χ1) is 12.7. The van der Waals surface area contributed by atoms with Crippen molar-refractivity contribution in [3.63, 3.8) is 0 Å². The summed E-state index contributed by atoms with van der Waals surface area (Å²) in [6.45, 7) is 2.83. The van der Waals surface area contributed by atoms with Gasteiger partial charge in [-0.3, -0.25) is 4.79 Å². The van der Waals surface area contributed by atoms with Crippen LogP contribution in [0.2, 0.25) is 5.02 Å². The molecule has 1 aliphatic rings. The van der Waals surface area contributed by atoms with Gasteiger partial charge in [0.15, 0.2) is 0 Å². The maximum atomic E-state index is 12.4.